The molecule has 1 heterocycles. The Morgan fingerprint density at radius 3 is 2.37 bits per heavy atom. The lowest BCUT2D eigenvalue weighted by atomic mass is 9.97. The van der Waals surface area contributed by atoms with Crippen molar-refractivity contribution in [1.82, 2.24) is 10.2 Å². The second-order valence-electron chi connectivity index (χ2n) is 8.33. The zero-order chi connectivity index (χ0) is 21.7. The number of rotatable bonds is 5. The molecule has 0 radical (unpaired) electrons. The molecule has 3 rings (SSSR count). The van der Waals surface area contributed by atoms with Crippen LogP contribution in [0.4, 0.5) is 16.2 Å². The van der Waals surface area contributed by atoms with E-state index in [4.69, 9.17) is 0 Å². The highest BCUT2D eigenvalue weighted by Gasteiger charge is 2.23. The smallest absolute Gasteiger partial charge is 0.321 e. The van der Waals surface area contributed by atoms with E-state index in [9.17, 15) is 9.59 Å². The minimum absolute atomic E-state index is 0.118. The molecule has 2 aromatic rings. The summed E-state index contributed by atoms with van der Waals surface area (Å²) < 4.78 is 0. The average Bonchev–Trinajstić information content (AvgIpc) is 2.75. The number of hydrogen-bond donors (Lipinski definition) is 2. The fourth-order valence-corrected chi connectivity index (χ4v) is 3.66. The Bertz CT molecular complexity index is 874. The standard InChI is InChI=1S/C24H32N4O2/c1-17-12-14-28(15-13-17)22-11-10-20(26-24(30)27(3)4)16-21(22)23(29)25-18(2)19-8-6-5-7-9-19/h5-11,16-18H,12-15H2,1-4H3,(H,25,29)(H,26,30)/t18-/m0/s1. The number of carbonyl (C=O) groups excluding carboxylic acids is 2. The van der Waals surface area contributed by atoms with Crippen molar-refractivity contribution in [3.8, 4) is 0 Å². The molecule has 1 saturated heterocycles. The van der Waals surface area contributed by atoms with Crippen LogP contribution in [-0.4, -0.2) is 44.0 Å². The van der Waals surface area contributed by atoms with Crippen molar-refractivity contribution < 1.29 is 9.59 Å². The van der Waals surface area contributed by atoms with E-state index in [1.54, 1.807) is 20.2 Å². The third kappa shape index (κ3) is 5.32. The van der Waals surface area contributed by atoms with Crippen molar-refractivity contribution in [2.45, 2.75) is 32.7 Å². The topological polar surface area (TPSA) is 64.7 Å². The van der Waals surface area contributed by atoms with E-state index in [1.807, 2.05) is 49.4 Å². The van der Waals surface area contributed by atoms with Gasteiger partial charge in [0.25, 0.3) is 5.91 Å². The Morgan fingerprint density at radius 1 is 1.07 bits per heavy atom. The van der Waals surface area contributed by atoms with Gasteiger partial charge in [-0.2, -0.15) is 0 Å². The van der Waals surface area contributed by atoms with E-state index >= 15 is 0 Å². The van der Waals surface area contributed by atoms with Crippen LogP contribution in [0.5, 0.6) is 0 Å². The molecule has 0 aliphatic carbocycles. The number of hydrogen-bond acceptors (Lipinski definition) is 3. The summed E-state index contributed by atoms with van der Waals surface area (Å²) in [5, 5.41) is 5.96. The monoisotopic (exact) mass is 408 g/mol. The van der Waals surface area contributed by atoms with Crippen LogP contribution in [0.2, 0.25) is 0 Å². The normalized spacial score (nSPS) is 15.4. The number of nitrogens with zero attached hydrogens (tertiary/aromatic N) is 2. The molecule has 1 fully saturated rings. The molecule has 3 amide bonds. The van der Waals surface area contributed by atoms with Crippen LogP contribution in [-0.2, 0) is 0 Å². The third-order valence-corrected chi connectivity index (χ3v) is 5.67. The van der Waals surface area contributed by atoms with Gasteiger partial charge in [0, 0.05) is 38.6 Å². The number of nitrogens with one attached hydrogen (secondary N) is 2. The van der Waals surface area contributed by atoms with Gasteiger partial charge in [-0.3, -0.25) is 4.79 Å². The number of urea groups is 1. The molecular formula is C24H32N4O2. The van der Waals surface area contributed by atoms with Gasteiger partial charge >= 0.3 is 6.03 Å². The lowest BCUT2D eigenvalue weighted by molar-refractivity contribution is 0.0940. The molecule has 0 bridgehead atoms. The first-order chi connectivity index (χ1) is 14.3. The molecule has 2 aromatic carbocycles. The highest BCUT2D eigenvalue weighted by atomic mass is 16.2. The van der Waals surface area contributed by atoms with Gasteiger partial charge in [0.2, 0.25) is 0 Å². The third-order valence-electron chi connectivity index (χ3n) is 5.67. The van der Waals surface area contributed by atoms with Crippen LogP contribution >= 0.6 is 0 Å². The van der Waals surface area contributed by atoms with Gasteiger partial charge in [0.15, 0.2) is 0 Å². The predicted molar refractivity (Wildman–Crippen MR) is 122 cm³/mol. The summed E-state index contributed by atoms with van der Waals surface area (Å²) in [5.74, 6) is 0.566. The van der Waals surface area contributed by atoms with Crippen LogP contribution < -0.4 is 15.5 Å². The molecule has 1 aliphatic rings. The summed E-state index contributed by atoms with van der Waals surface area (Å²) >= 11 is 0. The fraction of sp³-hybridized carbons (Fsp3) is 0.417. The highest BCUT2D eigenvalue weighted by molar-refractivity contribution is 6.02. The van der Waals surface area contributed by atoms with Crippen molar-refractivity contribution in [1.29, 1.82) is 0 Å². The van der Waals surface area contributed by atoms with Crippen molar-refractivity contribution in [2.75, 3.05) is 37.4 Å². The Morgan fingerprint density at radius 2 is 1.73 bits per heavy atom. The molecule has 1 atom stereocenters. The van der Waals surface area contributed by atoms with E-state index in [0.29, 0.717) is 17.2 Å². The van der Waals surface area contributed by atoms with E-state index in [2.05, 4.69) is 22.5 Å². The van der Waals surface area contributed by atoms with E-state index < -0.39 is 0 Å². The number of amides is 3. The number of benzene rings is 2. The van der Waals surface area contributed by atoms with E-state index in [1.165, 1.54) is 4.90 Å². The maximum absolute atomic E-state index is 13.3. The van der Waals surface area contributed by atoms with Crippen molar-refractivity contribution in [2.24, 2.45) is 5.92 Å². The minimum atomic E-state index is -0.224. The van der Waals surface area contributed by atoms with Gasteiger partial charge in [-0.05, 0) is 49.4 Å². The van der Waals surface area contributed by atoms with Crippen LogP contribution in [0.1, 0.15) is 48.7 Å². The van der Waals surface area contributed by atoms with Crippen molar-refractivity contribution in [3.63, 3.8) is 0 Å². The van der Waals surface area contributed by atoms with Gasteiger partial charge in [-0.15, -0.1) is 0 Å². The lowest BCUT2D eigenvalue weighted by Crippen LogP contribution is -2.35. The maximum atomic E-state index is 13.3. The molecule has 1 aliphatic heterocycles. The number of carbonyl (C=O) groups is 2. The predicted octanol–water partition coefficient (Wildman–Crippen LogP) is 4.51. The zero-order valence-corrected chi connectivity index (χ0v) is 18.3. The van der Waals surface area contributed by atoms with E-state index in [0.717, 1.165) is 37.2 Å². The summed E-state index contributed by atoms with van der Waals surface area (Å²) in [5.41, 5.74) is 3.17. The maximum Gasteiger partial charge on any atom is 0.321 e. The van der Waals surface area contributed by atoms with Crippen LogP contribution in [0.15, 0.2) is 48.5 Å². The van der Waals surface area contributed by atoms with Crippen molar-refractivity contribution in [3.05, 3.63) is 59.7 Å². The Balaban J connectivity index is 1.87. The highest BCUT2D eigenvalue weighted by Crippen LogP contribution is 2.29. The molecule has 0 spiro atoms. The van der Waals surface area contributed by atoms with E-state index in [-0.39, 0.29) is 18.0 Å². The second-order valence-corrected chi connectivity index (χ2v) is 8.33. The number of piperidine rings is 1. The molecule has 0 saturated carbocycles. The largest absolute Gasteiger partial charge is 0.371 e. The summed E-state index contributed by atoms with van der Waals surface area (Å²) in [6.07, 6.45) is 2.22. The quantitative estimate of drug-likeness (QED) is 0.765. The average molecular weight is 409 g/mol. The summed E-state index contributed by atoms with van der Waals surface area (Å²) in [4.78, 5) is 29.1. The zero-order valence-electron chi connectivity index (χ0n) is 18.3. The fourth-order valence-electron chi connectivity index (χ4n) is 3.66. The Kier molecular flexibility index (Phi) is 6.98. The number of anilines is 2. The SMILES string of the molecule is CC1CCN(c2ccc(NC(=O)N(C)C)cc2C(=O)N[C@@H](C)c2ccccc2)CC1. The minimum Gasteiger partial charge on any atom is -0.371 e. The summed E-state index contributed by atoms with van der Waals surface area (Å²) in [6, 6.07) is 15.2. The molecule has 0 unspecified atom stereocenters. The van der Waals surface area contributed by atoms with Gasteiger partial charge in [0.1, 0.15) is 0 Å². The van der Waals surface area contributed by atoms with Crippen LogP contribution in [0.25, 0.3) is 0 Å². The molecular weight excluding hydrogens is 376 g/mol. The molecule has 6 heteroatoms. The second kappa shape index (κ2) is 9.65. The van der Waals surface area contributed by atoms with Crippen molar-refractivity contribution >= 4 is 23.3 Å². The molecule has 0 aromatic heterocycles. The molecule has 6 nitrogen and oxygen atoms in total. The molecule has 30 heavy (non-hydrogen) atoms. The summed E-state index contributed by atoms with van der Waals surface area (Å²) in [6.45, 7) is 6.11. The van der Waals surface area contributed by atoms with Crippen LogP contribution in [0, 0.1) is 5.92 Å². The van der Waals surface area contributed by atoms with Gasteiger partial charge in [0.05, 0.1) is 11.6 Å². The van der Waals surface area contributed by atoms with Gasteiger partial charge < -0.3 is 20.4 Å². The Labute approximate surface area is 179 Å². The first-order valence-corrected chi connectivity index (χ1v) is 10.6. The van der Waals surface area contributed by atoms with Crippen LogP contribution in [0.3, 0.4) is 0 Å². The first-order valence-electron chi connectivity index (χ1n) is 10.6. The lowest BCUT2D eigenvalue weighted by Gasteiger charge is -2.33. The van der Waals surface area contributed by atoms with Gasteiger partial charge in [-0.25, -0.2) is 4.79 Å². The Hall–Kier alpha value is -3.02. The van der Waals surface area contributed by atoms with Gasteiger partial charge in [-0.1, -0.05) is 37.3 Å². The first kappa shape index (κ1) is 21.7. The molecule has 2 N–H and O–H groups in total. The molecule has 160 valence electrons. The summed E-state index contributed by atoms with van der Waals surface area (Å²) in [7, 11) is 3.38.